The van der Waals surface area contributed by atoms with E-state index in [0.29, 0.717) is 0 Å². The number of nitrogens with two attached hydrogens (primary N) is 1. The van der Waals surface area contributed by atoms with Crippen molar-refractivity contribution in [3.63, 3.8) is 0 Å². The van der Waals surface area contributed by atoms with Gasteiger partial charge in [0.25, 0.3) is 5.69 Å². The first-order valence-corrected chi connectivity index (χ1v) is 5.15. The molecule has 0 radical (unpaired) electrons. The largest absolute Gasteiger partial charge is 0.324 e. The molecule has 15 heavy (non-hydrogen) atoms. The molecule has 1 rings (SSSR count). The number of benzene rings is 1. The van der Waals surface area contributed by atoms with Crippen LogP contribution in [0.5, 0.6) is 0 Å². The summed E-state index contributed by atoms with van der Waals surface area (Å²) in [6.07, 6.45) is 3.00. The van der Waals surface area contributed by atoms with Crippen molar-refractivity contribution in [2.45, 2.75) is 32.2 Å². The van der Waals surface area contributed by atoms with Gasteiger partial charge >= 0.3 is 0 Å². The number of non-ortho nitro benzene ring substituents is 1. The molecule has 0 amide bonds. The van der Waals surface area contributed by atoms with Crippen molar-refractivity contribution in [1.82, 2.24) is 0 Å². The second-order valence-corrected chi connectivity index (χ2v) is 3.60. The Morgan fingerprint density at radius 2 is 2.27 bits per heavy atom. The lowest BCUT2D eigenvalue weighted by molar-refractivity contribution is -0.384. The van der Waals surface area contributed by atoms with E-state index in [0.717, 1.165) is 24.8 Å². The number of nitro groups is 1. The molecular weight excluding hydrogens is 192 g/mol. The average molecular weight is 208 g/mol. The van der Waals surface area contributed by atoms with Crippen LogP contribution in [0.25, 0.3) is 0 Å². The van der Waals surface area contributed by atoms with E-state index in [4.69, 9.17) is 5.73 Å². The van der Waals surface area contributed by atoms with Crippen molar-refractivity contribution in [2.24, 2.45) is 5.73 Å². The van der Waals surface area contributed by atoms with Crippen LogP contribution in [-0.4, -0.2) is 4.92 Å². The van der Waals surface area contributed by atoms with Crippen LogP contribution in [0.15, 0.2) is 24.3 Å². The highest BCUT2D eigenvalue weighted by Gasteiger charge is 2.10. The average Bonchev–Trinajstić information content (AvgIpc) is 2.26. The lowest BCUT2D eigenvalue weighted by Crippen LogP contribution is -2.10. The molecule has 0 heterocycles. The summed E-state index contributed by atoms with van der Waals surface area (Å²) < 4.78 is 0. The van der Waals surface area contributed by atoms with E-state index in [1.54, 1.807) is 12.1 Å². The second-order valence-electron chi connectivity index (χ2n) is 3.60. The standard InChI is InChI=1S/C11H16N2O2/c1-2-3-7-11(12)9-5-4-6-10(8-9)13(14)15/h4-6,8,11H,2-3,7,12H2,1H3. The zero-order valence-corrected chi connectivity index (χ0v) is 8.85. The summed E-state index contributed by atoms with van der Waals surface area (Å²) >= 11 is 0. The highest BCUT2D eigenvalue weighted by Crippen LogP contribution is 2.21. The van der Waals surface area contributed by atoms with Gasteiger partial charge < -0.3 is 5.73 Å². The predicted molar refractivity (Wildman–Crippen MR) is 59.5 cm³/mol. The molecule has 1 aromatic rings. The Hall–Kier alpha value is -1.42. The van der Waals surface area contributed by atoms with E-state index < -0.39 is 4.92 Å². The van der Waals surface area contributed by atoms with Gasteiger partial charge in [-0.25, -0.2) is 0 Å². The zero-order valence-electron chi connectivity index (χ0n) is 8.85. The number of hydrogen-bond acceptors (Lipinski definition) is 3. The van der Waals surface area contributed by atoms with Crippen molar-refractivity contribution >= 4 is 5.69 Å². The minimum absolute atomic E-state index is 0.0927. The van der Waals surface area contributed by atoms with Gasteiger partial charge in [-0.15, -0.1) is 0 Å². The zero-order chi connectivity index (χ0) is 11.3. The molecule has 1 aromatic carbocycles. The van der Waals surface area contributed by atoms with Gasteiger partial charge in [0.05, 0.1) is 4.92 Å². The Balaban J connectivity index is 2.76. The molecule has 0 spiro atoms. The van der Waals surface area contributed by atoms with Gasteiger partial charge in [0.1, 0.15) is 0 Å². The van der Waals surface area contributed by atoms with Gasteiger partial charge in [0.2, 0.25) is 0 Å². The first kappa shape index (κ1) is 11.7. The number of rotatable bonds is 5. The summed E-state index contributed by atoms with van der Waals surface area (Å²) in [5, 5.41) is 10.6. The normalized spacial score (nSPS) is 12.4. The van der Waals surface area contributed by atoms with Crippen LogP contribution in [0.2, 0.25) is 0 Å². The fourth-order valence-corrected chi connectivity index (χ4v) is 1.46. The van der Waals surface area contributed by atoms with E-state index in [9.17, 15) is 10.1 Å². The number of hydrogen-bond donors (Lipinski definition) is 1. The topological polar surface area (TPSA) is 69.2 Å². The lowest BCUT2D eigenvalue weighted by Gasteiger charge is -2.10. The van der Waals surface area contributed by atoms with Crippen molar-refractivity contribution in [1.29, 1.82) is 0 Å². The van der Waals surface area contributed by atoms with E-state index >= 15 is 0 Å². The Labute approximate surface area is 89.2 Å². The Kier molecular flexibility index (Phi) is 4.24. The molecule has 0 aliphatic carbocycles. The minimum Gasteiger partial charge on any atom is -0.324 e. The van der Waals surface area contributed by atoms with Gasteiger partial charge in [0, 0.05) is 18.2 Å². The molecule has 0 aromatic heterocycles. The van der Waals surface area contributed by atoms with E-state index in [2.05, 4.69) is 6.92 Å². The Morgan fingerprint density at radius 3 is 2.87 bits per heavy atom. The Bertz CT molecular complexity index is 339. The van der Waals surface area contributed by atoms with E-state index in [1.807, 2.05) is 6.07 Å². The quantitative estimate of drug-likeness (QED) is 0.597. The molecule has 0 saturated carbocycles. The van der Waals surface area contributed by atoms with Crippen LogP contribution in [-0.2, 0) is 0 Å². The highest BCUT2D eigenvalue weighted by atomic mass is 16.6. The lowest BCUT2D eigenvalue weighted by atomic mass is 10.0. The number of unbranched alkanes of at least 4 members (excludes halogenated alkanes) is 1. The molecule has 0 bridgehead atoms. The van der Waals surface area contributed by atoms with Crippen LogP contribution < -0.4 is 5.73 Å². The molecule has 82 valence electrons. The maximum Gasteiger partial charge on any atom is 0.269 e. The first-order valence-electron chi connectivity index (χ1n) is 5.15. The summed E-state index contributed by atoms with van der Waals surface area (Å²) in [6, 6.07) is 6.47. The molecule has 4 heteroatoms. The summed E-state index contributed by atoms with van der Waals surface area (Å²) in [4.78, 5) is 10.2. The molecule has 0 aliphatic rings. The molecule has 1 unspecified atom stereocenters. The van der Waals surface area contributed by atoms with Gasteiger partial charge in [-0.1, -0.05) is 31.9 Å². The van der Waals surface area contributed by atoms with Crippen LogP contribution in [0, 0.1) is 10.1 Å². The second kappa shape index (κ2) is 5.46. The monoisotopic (exact) mass is 208 g/mol. The molecule has 2 N–H and O–H groups in total. The van der Waals surface area contributed by atoms with Crippen LogP contribution >= 0.6 is 0 Å². The summed E-state index contributed by atoms with van der Waals surface area (Å²) in [6.45, 7) is 2.10. The summed E-state index contributed by atoms with van der Waals surface area (Å²) in [7, 11) is 0. The number of nitro benzene ring substituents is 1. The van der Waals surface area contributed by atoms with E-state index in [-0.39, 0.29) is 11.7 Å². The third-order valence-corrected chi connectivity index (χ3v) is 2.38. The van der Waals surface area contributed by atoms with Gasteiger partial charge in [-0.2, -0.15) is 0 Å². The maximum atomic E-state index is 10.6. The third-order valence-electron chi connectivity index (χ3n) is 2.38. The SMILES string of the molecule is CCCCC(N)c1cccc([N+](=O)[O-])c1. The molecular formula is C11H16N2O2. The summed E-state index contributed by atoms with van der Waals surface area (Å²) in [5.74, 6) is 0. The minimum atomic E-state index is -0.393. The first-order chi connectivity index (χ1) is 7.15. The van der Waals surface area contributed by atoms with Crippen molar-refractivity contribution in [3.8, 4) is 0 Å². The molecule has 0 aliphatic heterocycles. The van der Waals surface area contributed by atoms with Gasteiger partial charge in [0.15, 0.2) is 0 Å². The highest BCUT2D eigenvalue weighted by molar-refractivity contribution is 5.35. The Morgan fingerprint density at radius 1 is 1.53 bits per heavy atom. The molecule has 1 atom stereocenters. The van der Waals surface area contributed by atoms with E-state index in [1.165, 1.54) is 6.07 Å². The molecule has 0 saturated heterocycles. The van der Waals surface area contributed by atoms with Crippen molar-refractivity contribution in [2.75, 3.05) is 0 Å². The fourth-order valence-electron chi connectivity index (χ4n) is 1.46. The predicted octanol–water partition coefficient (Wildman–Crippen LogP) is 2.78. The van der Waals surface area contributed by atoms with Crippen LogP contribution in [0.1, 0.15) is 37.8 Å². The van der Waals surface area contributed by atoms with Gasteiger partial charge in [-0.3, -0.25) is 10.1 Å². The maximum absolute atomic E-state index is 10.6. The third kappa shape index (κ3) is 3.32. The van der Waals surface area contributed by atoms with Crippen molar-refractivity contribution in [3.05, 3.63) is 39.9 Å². The smallest absolute Gasteiger partial charge is 0.269 e. The molecule has 0 fully saturated rings. The molecule has 4 nitrogen and oxygen atoms in total. The number of nitrogens with zero attached hydrogens (tertiary/aromatic N) is 1. The summed E-state index contributed by atoms with van der Waals surface area (Å²) in [5.41, 5.74) is 6.88. The van der Waals surface area contributed by atoms with Crippen LogP contribution in [0.3, 0.4) is 0 Å². The van der Waals surface area contributed by atoms with Crippen LogP contribution in [0.4, 0.5) is 5.69 Å². The van der Waals surface area contributed by atoms with Gasteiger partial charge in [-0.05, 0) is 12.0 Å². The fraction of sp³-hybridized carbons (Fsp3) is 0.455. The van der Waals surface area contributed by atoms with Crippen molar-refractivity contribution < 1.29 is 4.92 Å².